The monoisotopic (exact) mass is 447 g/mol. The first-order valence-corrected chi connectivity index (χ1v) is 12.0. The molecule has 8 nitrogen and oxygen atoms in total. The molecule has 1 amide bonds. The van der Waals surface area contributed by atoms with Gasteiger partial charge in [0.15, 0.2) is 0 Å². The average molecular weight is 448 g/mol. The Morgan fingerprint density at radius 3 is 2.35 bits per heavy atom. The predicted octanol–water partition coefficient (Wildman–Crippen LogP) is 4.03. The maximum atomic E-state index is 12.5. The Bertz CT molecular complexity index is 1040. The van der Waals surface area contributed by atoms with Gasteiger partial charge in [0, 0.05) is 25.1 Å². The van der Waals surface area contributed by atoms with E-state index in [9.17, 15) is 23.3 Å². The zero-order valence-corrected chi connectivity index (χ0v) is 19.1. The lowest BCUT2D eigenvalue weighted by atomic mass is 10.0. The number of anilines is 1. The SMILES string of the molecule is CC[C@@H](NC(=O)CCCN(c1cc([N+](=O)[O-])ccc1C)S(C)(=O)=O)c1ccc(C)cc1. The highest BCUT2D eigenvalue weighted by Gasteiger charge is 2.22. The van der Waals surface area contributed by atoms with Crippen molar-refractivity contribution in [1.82, 2.24) is 5.32 Å². The van der Waals surface area contributed by atoms with E-state index in [0.29, 0.717) is 5.56 Å². The highest BCUT2D eigenvalue weighted by molar-refractivity contribution is 7.92. The minimum absolute atomic E-state index is 0.0512. The molecular weight excluding hydrogens is 418 g/mol. The van der Waals surface area contributed by atoms with Gasteiger partial charge >= 0.3 is 0 Å². The molecule has 0 heterocycles. The van der Waals surface area contributed by atoms with Crippen LogP contribution in [0.3, 0.4) is 0 Å². The Morgan fingerprint density at radius 2 is 1.81 bits per heavy atom. The smallest absolute Gasteiger partial charge is 0.271 e. The number of amides is 1. The Kier molecular flexibility index (Phi) is 8.15. The van der Waals surface area contributed by atoms with Crippen LogP contribution in [0.2, 0.25) is 0 Å². The number of nitro groups is 1. The molecule has 1 atom stereocenters. The maximum Gasteiger partial charge on any atom is 0.271 e. The molecule has 0 unspecified atom stereocenters. The van der Waals surface area contributed by atoms with Crippen LogP contribution in [0.1, 0.15) is 48.9 Å². The molecule has 1 N–H and O–H groups in total. The quantitative estimate of drug-likeness (QED) is 0.437. The second-order valence-corrected chi connectivity index (χ2v) is 9.51. The Labute approximate surface area is 183 Å². The van der Waals surface area contributed by atoms with E-state index in [1.165, 1.54) is 18.2 Å². The van der Waals surface area contributed by atoms with Crippen molar-refractivity contribution in [3.63, 3.8) is 0 Å². The Balaban J connectivity index is 2.06. The number of carbonyl (C=O) groups is 1. The maximum absolute atomic E-state index is 12.5. The fraction of sp³-hybridized carbons (Fsp3) is 0.409. The van der Waals surface area contributed by atoms with Gasteiger partial charge in [-0.05, 0) is 37.8 Å². The number of sulfonamides is 1. The van der Waals surface area contributed by atoms with Crippen LogP contribution in [-0.4, -0.2) is 32.0 Å². The van der Waals surface area contributed by atoms with E-state index < -0.39 is 14.9 Å². The number of nitrogens with one attached hydrogen (secondary N) is 1. The van der Waals surface area contributed by atoms with Crippen molar-refractivity contribution in [2.75, 3.05) is 17.1 Å². The number of hydrogen-bond acceptors (Lipinski definition) is 5. The fourth-order valence-corrected chi connectivity index (χ4v) is 4.33. The molecule has 0 radical (unpaired) electrons. The van der Waals surface area contributed by atoms with Gasteiger partial charge in [-0.25, -0.2) is 8.42 Å². The molecule has 0 aliphatic heterocycles. The van der Waals surface area contributed by atoms with E-state index in [0.717, 1.165) is 28.1 Å². The third-order valence-corrected chi connectivity index (χ3v) is 6.24. The molecule has 0 aromatic heterocycles. The second kappa shape index (κ2) is 10.4. The summed E-state index contributed by atoms with van der Waals surface area (Å²) in [7, 11) is -3.68. The summed E-state index contributed by atoms with van der Waals surface area (Å²) in [4.78, 5) is 23.0. The van der Waals surface area contributed by atoms with Crippen molar-refractivity contribution in [3.8, 4) is 0 Å². The topological polar surface area (TPSA) is 110 Å². The van der Waals surface area contributed by atoms with Crippen molar-refractivity contribution >= 4 is 27.3 Å². The third-order valence-electron chi connectivity index (χ3n) is 5.06. The highest BCUT2D eigenvalue weighted by atomic mass is 32.2. The summed E-state index contributed by atoms with van der Waals surface area (Å²) in [6.07, 6.45) is 2.21. The lowest BCUT2D eigenvalue weighted by Gasteiger charge is -2.24. The Hall–Kier alpha value is -2.94. The minimum Gasteiger partial charge on any atom is -0.349 e. The molecule has 2 aromatic rings. The zero-order valence-electron chi connectivity index (χ0n) is 18.3. The van der Waals surface area contributed by atoms with Crippen molar-refractivity contribution in [3.05, 3.63) is 69.3 Å². The van der Waals surface area contributed by atoms with Gasteiger partial charge in [-0.3, -0.25) is 19.2 Å². The molecule has 9 heteroatoms. The molecule has 31 heavy (non-hydrogen) atoms. The van der Waals surface area contributed by atoms with Crippen molar-refractivity contribution in [1.29, 1.82) is 0 Å². The molecule has 168 valence electrons. The minimum atomic E-state index is -3.68. The second-order valence-electron chi connectivity index (χ2n) is 7.61. The molecule has 0 saturated carbocycles. The third kappa shape index (κ3) is 6.78. The summed E-state index contributed by atoms with van der Waals surface area (Å²) in [5, 5.41) is 14.1. The summed E-state index contributed by atoms with van der Waals surface area (Å²) in [5.41, 5.74) is 2.83. The first-order chi connectivity index (χ1) is 14.5. The van der Waals surface area contributed by atoms with Gasteiger partial charge in [0.05, 0.1) is 22.9 Å². The molecule has 0 saturated heterocycles. The summed E-state index contributed by atoms with van der Waals surface area (Å²) in [5.74, 6) is -0.170. The summed E-state index contributed by atoms with van der Waals surface area (Å²) in [6, 6.07) is 12.0. The molecule has 2 rings (SSSR count). The average Bonchev–Trinajstić information content (AvgIpc) is 2.70. The van der Waals surface area contributed by atoms with Gasteiger partial charge in [-0.15, -0.1) is 0 Å². The highest BCUT2D eigenvalue weighted by Crippen LogP contribution is 2.28. The van der Waals surface area contributed by atoms with E-state index >= 15 is 0 Å². The lowest BCUT2D eigenvalue weighted by Crippen LogP contribution is -2.33. The van der Waals surface area contributed by atoms with Crippen LogP contribution in [0.25, 0.3) is 0 Å². The van der Waals surface area contributed by atoms with E-state index in [2.05, 4.69) is 5.32 Å². The van der Waals surface area contributed by atoms with Crippen LogP contribution in [0, 0.1) is 24.0 Å². The number of hydrogen-bond donors (Lipinski definition) is 1. The summed E-state index contributed by atoms with van der Waals surface area (Å²) in [6.45, 7) is 5.73. The standard InChI is InChI=1S/C22H29N3O5S/c1-5-20(18-11-8-16(2)9-12-18)23-22(26)7-6-14-24(31(4,29)30)21-15-19(25(27)28)13-10-17(21)3/h8-13,15,20H,5-7,14H2,1-4H3,(H,23,26)/t20-/m1/s1. The molecular formula is C22H29N3O5S. The number of rotatable bonds is 10. The molecule has 2 aromatic carbocycles. The van der Waals surface area contributed by atoms with Crippen molar-refractivity contribution in [2.24, 2.45) is 0 Å². The van der Waals surface area contributed by atoms with Gasteiger partial charge in [0.2, 0.25) is 15.9 Å². The number of nitro benzene ring substituents is 1. The molecule has 0 spiro atoms. The van der Waals surface area contributed by atoms with E-state index in [1.807, 2.05) is 38.1 Å². The van der Waals surface area contributed by atoms with Crippen molar-refractivity contribution < 1.29 is 18.1 Å². The number of benzene rings is 2. The van der Waals surface area contributed by atoms with Crippen LogP contribution in [0.4, 0.5) is 11.4 Å². The number of carbonyl (C=O) groups excluding carboxylic acids is 1. The Morgan fingerprint density at radius 1 is 1.16 bits per heavy atom. The van der Waals surface area contributed by atoms with Gasteiger partial charge < -0.3 is 5.32 Å². The summed E-state index contributed by atoms with van der Waals surface area (Å²) < 4.78 is 25.8. The number of aryl methyl sites for hydroxylation is 2. The summed E-state index contributed by atoms with van der Waals surface area (Å²) >= 11 is 0. The predicted molar refractivity (Wildman–Crippen MR) is 122 cm³/mol. The van der Waals surface area contributed by atoms with Crippen LogP contribution in [-0.2, 0) is 14.8 Å². The number of non-ortho nitro benzene ring substituents is 1. The fourth-order valence-electron chi connectivity index (χ4n) is 3.31. The van der Waals surface area contributed by atoms with Gasteiger partial charge in [0.1, 0.15) is 0 Å². The number of nitrogens with zero attached hydrogens (tertiary/aromatic N) is 2. The van der Waals surface area contributed by atoms with Crippen LogP contribution in [0.5, 0.6) is 0 Å². The first kappa shape index (κ1) is 24.3. The van der Waals surface area contributed by atoms with Gasteiger partial charge in [-0.1, -0.05) is 42.8 Å². The molecule has 0 fully saturated rings. The van der Waals surface area contributed by atoms with Crippen LogP contribution < -0.4 is 9.62 Å². The van der Waals surface area contributed by atoms with E-state index in [1.54, 1.807) is 6.92 Å². The lowest BCUT2D eigenvalue weighted by molar-refractivity contribution is -0.384. The van der Waals surface area contributed by atoms with Gasteiger partial charge in [-0.2, -0.15) is 0 Å². The normalized spacial score (nSPS) is 12.3. The van der Waals surface area contributed by atoms with Crippen LogP contribution in [0.15, 0.2) is 42.5 Å². The van der Waals surface area contributed by atoms with E-state index in [-0.39, 0.29) is 42.7 Å². The van der Waals surface area contributed by atoms with Crippen LogP contribution >= 0.6 is 0 Å². The van der Waals surface area contributed by atoms with Crippen molar-refractivity contribution in [2.45, 2.75) is 46.1 Å². The first-order valence-electron chi connectivity index (χ1n) is 10.1. The van der Waals surface area contributed by atoms with E-state index in [4.69, 9.17) is 0 Å². The molecule has 0 aliphatic rings. The molecule has 0 bridgehead atoms. The van der Waals surface area contributed by atoms with Gasteiger partial charge in [0.25, 0.3) is 5.69 Å². The zero-order chi connectivity index (χ0) is 23.2. The largest absolute Gasteiger partial charge is 0.349 e. The molecule has 0 aliphatic carbocycles.